The van der Waals surface area contributed by atoms with E-state index in [4.69, 9.17) is 11.6 Å². The molecule has 0 spiro atoms. The molecule has 0 aliphatic heterocycles. The Bertz CT molecular complexity index is 332. The molecule has 1 aromatic heterocycles. The lowest BCUT2D eigenvalue weighted by atomic mass is 9.89. The number of hydrogen-bond donors (Lipinski definition) is 1. The zero-order valence-electron chi connectivity index (χ0n) is 8.99. The molecule has 16 heavy (non-hydrogen) atoms. The maximum Gasteiger partial charge on any atom is 0.273 e. The quantitative estimate of drug-likeness (QED) is 0.827. The van der Waals surface area contributed by atoms with Crippen molar-refractivity contribution in [2.75, 3.05) is 6.54 Å². The predicted octanol–water partition coefficient (Wildman–Crippen LogP) is 2.20. The second kappa shape index (κ2) is 5.34. The molecule has 1 fully saturated rings. The number of nitrogens with zero attached hydrogens (tertiary/aromatic N) is 1. The van der Waals surface area contributed by atoms with Gasteiger partial charge in [-0.3, -0.25) is 4.79 Å². The van der Waals surface area contributed by atoms with Gasteiger partial charge in [0.15, 0.2) is 5.69 Å². The first-order chi connectivity index (χ1) is 7.75. The van der Waals surface area contributed by atoms with Crippen LogP contribution in [0, 0.1) is 5.92 Å². The van der Waals surface area contributed by atoms with E-state index in [9.17, 15) is 4.79 Å². The summed E-state index contributed by atoms with van der Waals surface area (Å²) in [6.07, 6.45) is 5.67. The van der Waals surface area contributed by atoms with Gasteiger partial charge in [0.1, 0.15) is 6.26 Å². The summed E-state index contributed by atoms with van der Waals surface area (Å²) in [6.45, 7) is 0.704. The topological polar surface area (TPSA) is 55.1 Å². The van der Waals surface area contributed by atoms with Crippen LogP contribution in [0.3, 0.4) is 0 Å². The highest BCUT2D eigenvalue weighted by atomic mass is 35.5. The highest BCUT2D eigenvalue weighted by Gasteiger charge is 2.20. The van der Waals surface area contributed by atoms with E-state index in [0.29, 0.717) is 23.5 Å². The average Bonchev–Trinajstić information content (AvgIpc) is 2.81. The molecular formula is C11H15ClN2O2. The fourth-order valence-electron chi connectivity index (χ4n) is 1.98. The SMILES string of the molecule is O=C(NCC1CCC(Cl)CC1)c1ccon1. The Balaban J connectivity index is 1.73. The number of carbonyl (C=O) groups excluding carboxylic acids is 1. The fourth-order valence-corrected chi connectivity index (χ4v) is 2.24. The molecule has 88 valence electrons. The predicted molar refractivity (Wildman–Crippen MR) is 60.4 cm³/mol. The summed E-state index contributed by atoms with van der Waals surface area (Å²) >= 11 is 6.02. The lowest BCUT2D eigenvalue weighted by Crippen LogP contribution is -2.31. The molecule has 2 rings (SSSR count). The average molecular weight is 243 g/mol. The summed E-state index contributed by atoms with van der Waals surface area (Å²) in [5, 5.41) is 6.77. The molecule has 0 bridgehead atoms. The van der Waals surface area contributed by atoms with Gasteiger partial charge in [-0.15, -0.1) is 11.6 Å². The van der Waals surface area contributed by atoms with Crippen molar-refractivity contribution in [3.63, 3.8) is 0 Å². The van der Waals surface area contributed by atoms with Crippen LogP contribution in [0.25, 0.3) is 0 Å². The molecular weight excluding hydrogens is 228 g/mol. The Labute approximate surface area is 99.3 Å². The van der Waals surface area contributed by atoms with Gasteiger partial charge in [0.2, 0.25) is 0 Å². The number of carbonyl (C=O) groups is 1. The minimum Gasteiger partial charge on any atom is -0.364 e. The molecule has 0 radical (unpaired) electrons. The van der Waals surface area contributed by atoms with Crippen molar-refractivity contribution >= 4 is 17.5 Å². The van der Waals surface area contributed by atoms with Crippen LogP contribution >= 0.6 is 11.6 Å². The standard InChI is InChI=1S/C11H15ClN2O2/c12-9-3-1-8(2-4-9)7-13-11(15)10-5-6-16-14-10/h5-6,8-9H,1-4,7H2,(H,13,15). The van der Waals surface area contributed by atoms with Crippen LogP contribution in [0.1, 0.15) is 36.2 Å². The second-order valence-electron chi connectivity index (χ2n) is 4.21. The van der Waals surface area contributed by atoms with E-state index in [2.05, 4.69) is 15.0 Å². The molecule has 1 amide bonds. The van der Waals surface area contributed by atoms with Crippen molar-refractivity contribution in [3.05, 3.63) is 18.0 Å². The fraction of sp³-hybridized carbons (Fsp3) is 0.636. The number of aromatic nitrogens is 1. The van der Waals surface area contributed by atoms with Gasteiger partial charge in [-0.25, -0.2) is 0 Å². The Morgan fingerprint density at radius 1 is 1.50 bits per heavy atom. The van der Waals surface area contributed by atoms with Crippen LogP contribution in [0.2, 0.25) is 0 Å². The molecule has 1 heterocycles. The largest absolute Gasteiger partial charge is 0.364 e. The van der Waals surface area contributed by atoms with E-state index in [1.807, 2.05) is 0 Å². The van der Waals surface area contributed by atoms with Crippen molar-refractivity contribution < 1.29 is 9.32 Å². The number of hydrogen-bond acceptors (Lipinski definition) is 3. The van der Waals surface area contributed by atoms with Gasteiger partial charge in [0.25, 0.3) is 5.91 Å². The van der Waals surface area contributed by atoms with Crippen LogP contribution in [0.15, 0.2) is 16.9 Å². The van der Waals surface area contributed by atoms with E-state index in [1.54, 1.807) is 6.07 Å². The summed E-state index contributed by atoms with van der Waals surface area (Å²) in [6, 6.07) is 1.56. The maximum atomic E-state index is 11.6. The third-order valence-corrected chi connectivity index (χ3v) is 3.43. The van der Waals surface area contributed by atoms with E-state index in [-0.39, 0.29) is 5.91 Å². The maximum absolute atomic E-state index is 11.6. The lowest BCUT2D eigenvalue weighted by Gasteiger charge is -2.24. The van der Waals surface area contributed by atoms with E-state index in [0.717, 1.165) is 25.7 Å². The number of rotatable bonds is 3. The second-order valence-corrected chi connectivity index (χ2v) is 4.83. The summed E-state index contributed by atoms with van der Waals surface area (Å²) in [5.74, 6) is 0.382. The van der Waals surface area contributed by atoms with Gasteiger partial charge >= 0.3 is 0 Å². The van der Waals surface area contributed by atoms with Gasteiger partial charge in [-0.05, 0) is 31.6 Å². The molecule has 1 saturated carbocycles. The molecule has 1 N–H and O–H groups in total. The smallest absolute Gasteiger partial charge is 0.273 e. The summed E-state index contributed by atoms with van der Waals surface area (Å²) in [7, 11) is 0. The van der Waals surface area contributed by atoms with Crippen molar-refractivity contribution in [1.29, 1.82) is 0 Å². The molecule has 1 aliphatic rings. The number of nitrogens with one attached hydrogen (secondary N) is 1. The molecule has 1 aromatic rings. The molecule has 1 aliphatic carbocycles. The van der Waals surface area contributed by atoms with Crippen molar-refractivity contribution in [3.8, 4) is 0 Å². The zero-order chi connectivity index (χ0) is 11.4. The van der Waals surface area contributed by atoms with Crippen LogP contribution in [0.5, 0.6) is 0 Å². The van der Waals surface area contributed by atoms with Crippen molar-refractivity contribution in [1.82, 2.24) is 10.5 Å². The normalized spacial score (nSPS) is 25.3. The molecule has 0 atom stereocenters. The highest BCUT2D eigenvalue weighted by Crippen LogP contribution is 2.26. The summed E-state index contributed by atoms with van der Waals surface area (Å²) < 4.78 is 4.61. The number of halogens is 1. The summed E-state index contributed by atoms with van der Waals surface area (Å²) in [4.78, 5) is 11.6. The minimum atomic E-state index is -0.165. The van der Waals surface area contributed by atoms with Gasteiger partial charge in [-0.1, -0.05) is 5.16 Å². The number of amides is 1. The Kier molecular flexibility index (Phi) is 3.83. The Hall–Kier alpha value is -1.03. The van der Waals surface area contributed by atoms with E-state index < -0.39 is 0 Å². The monoisotopic (exact) mass is 242 g/mol. The Morgan fingerprint density at radius 2 is 2.25 bits per heavy atom. The lowest BCUT2D eigenvalue weighted by molar-refractivity contribution is 0.0934. The molecule has 5 heteroatoms. The molecule has 0 aromatic carbocycles. The first kappa shape index (κ1) is 11.5. The zero-order valence-corrected chi connectivity index (χ0v) is 9.74. The first-order valence-electron chi connectivity index (χ1n) is 5.58. The van der Waals surface area contributed by atoms with Crippen molar-refractivity contribution in [2.24, 2.45) is 5.92 Å². The molecule has 0 saturated heterocycles. The third kappa shape index (κ3) is 2.98. The van der Waals surface area contributed by atoms with Gasteiger partial charge in [-0.2, -0.15) is 0 Å². The van der Waals surface area contributed by atoms with E-state index >= 15 is 0 Å². The van der Waals surface area contributed by atoms with Crippen LogP contribution < -0.4 is 5.32 Å². The van der Waals surface area contributed by atoms with E-state index in [1.165, 1.54) is 6.26 Å². The number of alkyl halides is 1. The van der Waals surface area contributed by atoms with Gasteiger partial charge in [0, 0.05) is 18.0 Å². The Morgan fingerprint density at radius 3 is 2.88 bits per heavy atom. The molecule has 4 nitrogen and oxygen atoms in total. The highest BCUT2D eigenvalue weighted by molar-refractivity contribution is 6.20. The van der Waals surface area contributed by atoms with Crippen LogP contribution in [-0.2, 0) is 0 Å². The van der Waals surface area contributed by atoms with Gasteiger partial charge in [0.05, 0.1) is 0 Å². The molecule has 0 unspecified atom stereocenters. The van der Waals surface area contributed by atoms with Crippen molar-refractivity contribution in [2.45, 2.75) is 31.1 Å². The first-order valence-corrected chi connectivity index (χ1v) is 6.02. The minimum absolute atomic E-state index is 0.165. The summed E-state index contributed by atoms with van der Waals surface area (Å²) in [5.41, 5.74) is 0.339. The van der Waals surface area contributed by atoms with Crippen LogP contribution in [-0.4, -0.2) is 23.0 Å². The van der Waals surface area contributed by atoms with Crippen LogP contribution in [0.4, 0.5) is 0 Å². The van der Waals surface area contributed by atoms with Gasteiger partial charge < -0.3 is 9.84 Å². The third-order valence-electron chi connectivity index (χ3n) is 3.00.